The number of carboxylic acid groups (broad SMARTS) is 2. The number of nitrogens with zero attached hydrogens (tertiary/aromatic N) is 2. The Morgan fingerprint density at radius 2 is 1.72 bits per heavy atom. The molecular formula is C26H29FN4O5. The number of nitrogens with one attached hydrogen (secondary N) is 2. The molecule has 0 saturated carbocycles. The first-order valence-electron chi connectivity index (χ1n) is 11.4. The average Bonchev–Trinajstić information content (AvgIpc) is 3.55. The normalized spacial score (nSPS) is 19.9. The topological polar surface area (TPSA) is 136 Å². The molecule has 3 aromatic rings. The van der Waals surface area contributed by atoms with Crippen molar-refractivity contribution in [2.24, 2.45) is 11.8 Å². The molecule has 3 heterocycles. The number of amides is 1. The van der Waals surface area contributed by atoms with Gasteiger partial charge in [-0.25, -0.2) is 9.37 Å². The number of H-pyrrole nitrogens is 1. The Morgan fingerprint density at radius 1 is 1.03 bits per heavy atom. The van der Waals surface area contributed by atoms with Gasteiger partial charge in [0.2, 0.25) is 0 Å². The summed E-state index contributed by atoms with van der Waals surface area (Å²) in [5, 5.41) is 18.3. The second kappa shape index (κ2) is 12.1. The molecule has 3 atom stereocenters. The number of carbonyl (C=O) groups excluding carboxylic acids is 1. The minimum absolute atomic E-state index is 0.0318. The molecule has 10 heteroatoms. The fraction of sp³-hybridized carbons (Fsp3) is 0.308. The number of benzene rings is 2. The van der Waals surface area contributed by atoms with Gasteiger partial charge in [-0.3, -0.25) is 14.4 Å². The molecule has 2 aliphatic heterocycles. The predicted molar refractivity (Wildman–Crippen MR) is 131 cm³/mol. The maximum Gasteiger partial charge on any atom is 0.300 e. The molecule has 5 rings (SSSR count). The second-order valence-electron chi connectivity index (χ2n) is 8.56. The van der Waals surface area contributed by atoms with Crippen molar-refractivity contribution in [3.8, 4) is 11.4 Å². The summed E-state index contributed by atoms with van der Waals surface area (Å²) in [6.45, 7) is 4.57. The first-order chi connectivity index (χ1) is 17.2. The Hall–Kier alpha value is -4.05. The molecule has 0 aliphatic carbocycles. The van der Waals surface area contributed by atoms with Crippen LogP contribution in [0.3, 0.4) is 0 Å². The molecule has 9 nitrogen and oxygen atoms in total. The van der Waals surface area contributed by atoms with Gasteiger partial charge in [0.1, 0.15) is 11.6 Å². The highest BCUT2D eigenvalue weighted by atomic mass is 19.1. The van der Waals surface area contributed by atoms with Gasteiger partial charge < -0.3 is 25.4 Å². The van der Waals surface area contributed by atoms with E-state index in [1.165, 1.54) is 6.07 Å². The van der Waals surface area contributed by atoms with Gasteiger partial charge in [0, 0.05) is 57.4 Å². The van der Waals surface area contributed by atoms with Crippen molar-refractivity contribution in [2.45, 2.75) is 19.9 Å². The Labute approximate surface area is 208 Å². The monoisotopic (exact) mass is 496 g/mol. The predicted octanol–water partition coefficient (Wildman–Crippen LogP) is 3.43. The molecule has 2 fully saturated rings. The molecule has 1 aromatic heterocycles. The fourth-order valence-corrected chi connectivity index (χ4v) is 4.69. The third-order valence-corrected chi connectivity index (χ3v) is 5.93. The van der Waals surface area contributed by atoms with Crippen LogP contribution in [0.1, 0.15) is 35.8 Å². The molecule has 0 bridgehead atoms. The molecule has 36 heavy (non-hydrogen) atoms. The number of rotatable bonds is 3. The van der Waals surface area contributed by atoms with Crippen LogP contribution in [0.2, 0.25) is 0 Å². The van der Waals surface area contributed by atoms with Crippen molar-refractivity contribution in [1.82, 2.24) is 20.2 Å². The van der Waals surface area contributed by atoms with Crippen LogP contribution in [-0.4, -0.2) is 62.6 Å². The summed E-state index contributed by atoms with van der Waals surface area (Å²) in [6, 6.07) is 14.0. The van der Waals surface area contributed by atoms with Crippen molar-refractivity contribution in [1.29, 1.82) is 0 Å². The van der Waals surface area contributed by atoms with Crippen molar-refractivity contribution >= 4 is 17.8 Å². The fourth-order valence-electron chi connectivity index (χ4n) is 4.69. The molecule has 2 aromatic carbocycles. The van der Waals surface area contributed by atoms with E-state index in [9.17, 15) is 9.18 Å². The van der Waals surface area contributed by atoms with Crippen LogP contribution in [-0.2, 0) is 9.59 Å². The number of imidazole rings is 1. The molecule has 0 radical (unpaired) electrons. The third kappa shape index (κ3) is 6.54. The van der Waals surface area contributed by atoms with E-state index in [0.717, 1.165) is 38.1 Å². The van der Waals surface area contributed by atoms with E-state index in [1.807, 2.05) is 35.2 Å². The van der Waals surface area contributed by atoms with Crippen LogP contribution in [0, 0.1) is 17.7 Å². The summed E-state index contributed by atoms with van der Waals surface area (Å²) in [5.74, 6) is -0.618. The Kier molecular flexibility index (Phi) is 8.91. The van der Waals surface area contributed by atoms with E-state index < -0.39 is 11.9 Å². The summed E-state index contributed by atoms with van der Waals surface area (Å²) >= 11 is 0. The van der Waals surface area contributed by atoms with Crippen molar-refractivity contribution < 1.29 is 29.0 Å². The first kappa shape index (κ1) is 26.6. The number of halogens is 1. The number of aromatic amines is 1. The van der Waals surface area contributed by atoms with Crippen molar-refractivity contribution in [3.63, 3.8) is 0 Å². The quantitative estimate of drug-likeness (QED) is 0.436. The lowest BCUT2D eigenvalue weighted by molar-refractivity contribution is -0.135. The van der Waals surface area contributed by atoms with E-state index >= 15 is 0 Å². The minimum Gasteiger partial charge on any atom is -0.481 e. The molecule has 190 valence electrons. The van der Waals surface area contributed by atoms with Crippen molar-refractivity contribution in [2.75, 3.05) is 19.6 Å². The van der Waals surface area contributed by atoms with Gasteiger partial charge in [-0.05, 0) is 29.7 Å². The number of carboxylic acids is 2. The molecular weight excluding hydrogens is 467 g/mol. The number of aliphatic carboxylic acids is 2. The van der Waals surface area contributed by atoms with E-state index in [0.29, 0.717) is 29.8 Å². The Bertz CT molecular complexity index is 1180. The van der Waals surface area contributed by atoms with Crippen LogP contribution in [0.25, 0.3) is 11.4 Å². The zero-order valence-electron chi connectivity index (χ0n) is 20.0. The molecule has 0 unspecified atom stereocenters. The van der Waals surface area contributed by atoms with E-state index in [1.54, 1.807) is 24.5 Å². The maximum absolute atomic E-state index is 13.9. The van der Waals surface area contributed by atoms with E-state index in [-0.39, 0.29) is 17.8 Å². The average molecular weight is 497 g/mol. The summed E-state index contributed by atoms with van der Waals surface area (Å²) in [4.78, 5) is 41.0. The highest BCUT2D eigenvalue weighted by Gasteiger charge is 2.47. The lowest BCUT2D eigenvalue weighted by Crippen LogP contribution is -2.35. The Balaban J connectivity index is 0.000000398. The van der Waals surface area contributed by atoms with Crippen LogP contribution >= 0.6 is 0 Å². The van der Waals surface area contributed by atoms with Crippen LogP contribution < -0.4 is 5.32 Å². The molecule has 1 amide bonds. The molecule has 2 saturated heterocycles. The largest absolute Gasteiger partial charge is 0.481 e. The van der Waals surface area contributed by atoms with Crippen LogP contribution in [0.5, 0.6) is 0 Å². The Morgan fingerprint density at radius 3 is 2.36 bits per heavy atom. The third-order valence-electron chi connectivity index (χ3n) is 5.93. The highest BCUT2D eigenvalue weighted by Crippen LogP contribution is 2.43. The van der Waals surface area contributed by atoms with Gasteiger partial charge >= 0.3 is 0 Å². The summed E-state index contributed by atoms with van der Waals surface area (Å²) in [6.07, 6.45) is 3.43. The standard InChI is InChI=1S/C22H21FN4O.2C2H4O2/c23-16-5-3-4-14(10-16)20-19-12-24-11-15(19)13-27(20)22(28)18-7-2-1-6-17(18)21-25-8-9-26-21;2*1-2(3)4/h1-10,15,19-20,24H,11-13H2,(H,25,26);2*1H3,(H,3,4)/t15-,19-,20+;;/m0../s1. The van der Waals surface area contributed by atoms with Crippen LogP contribution in [0.15, 0.2) is 60.9 Å². The number of hydrogen-bond acceptors (Lipinski definition) is 5. The van der Waals surface area contributed by atoms with Gasteiger partial charge in [0.25, 0.3) is 17.8 Å². The van der Waals surface area contributed by atoms with Gasteiger partial charge in [-0.2, -0.15) is 0 Å². The summed E-state index contributed by atoms with van der Waals surface area (Å²) in [7, 11) is 0. The highest BCUT2D eigenvalue weighted by molar-refractivity contribution is 6.00. The van der Waals surface area contributed by atoms with Gasteiger partial charge in [-0.1, -0.05) is 30.3 Å². The molecule has 2 aliphatic rings. The molecule has 0 spiro atoms. The van der Waals surface area contributed by atoms with E-state index in [2.05, 4.69) is 15.3 Å². The number of aromatic nitrogens is 2. The van der Waals surface area contributed by atoms with E-state index in [4.69, 9.17) is 19.8 Å². The summed E-state index contributed by atoms with van der Waals surface area (Å²) in [5.41, 5.74) is 2.26. The smallest absolute Gasteiger partial charge is 0.300 e. The van der Waals surface area contributed by atoms with Crippen LogP contribution in [0.4, 0.5) is 4.39 Å². The lowest BCUT2D eigenvalue weighted by atomic mass is 9.89. The number of fused-ring (bicyclic) bond motifs is 1. The van der Waals surface area contributed by atoms with Gasteiger partial charge in [0.05, 0.1) is 11.6 Å². The maximum atomic E-state index is 13.9. The minimum atomic E-state index is -0.833. The first-order valence-corrected chi connectivity index (χ1v) is 11.4. The summed E-state index contributed by atoms with van der Waals surface area (Å²) < 4.78 is 13.9. The number of likely N-dealkylation sites (tertiary alicyclic amines) is 1. The van der Waals surface area contributed by atoms with Gasteiger partial charge in [0.15, 0.2) is 0 Å². The SMILES string of the molecule is CC(=O)O.CC(=O)O.O=C(c1ccccc1-c1ncc[nH]1)N1C[C@@H]2CNC[C@@H]2[C@H]1c1cccc(F)c1. The van der Waals surface area contributed by atoms with Gasteiger partial charge in [-0.15, -0.1) is 0 Å². The second-order valence-corrected chi connectivity index (χ2v) is 8.56. The zero-order chi connectivity index (χ0) is 26.2. The number of carbonyl (C=O) groups is 3. The molecule has 4 N–H and O–H groups in total. The van der Waals surface area contributed by atoms with Crippen molar-refractivity contribution in [3.05, 3.63) is 77.9 Å². The lowest BCUT2D eigenvalue weighted by Gasteiger charge is -2.29. The number of hydrogen-bond donors (Lipinski definition) is 4. The zero-order valence-corrected chi connectivity index (χ0v) is 20.0.